The van der Waals surface area contributed by atoms with Crippen molar-refractivity contribution < 1.29 is 59.7 Å². The lowest BCUT2D eigenvalue weighted by Gasteiger charge is -2.51. The summed E-state index contributed by atoms with van der Waals surface area (Å²) in [4.78, 5) is 75.4. The monoisotopic (exact) mass is 1230 g/mol. The number of benzene rings is 6. The summed E-state index contributed by atoms with van der Waals surface area (Å²) in [6.45, 7) is 8.92. The number of anilines is 4. The van der Waals surface area contributed by atoms with Crippen molar-refractivity contribution in [3.63, 3.8) is 0 Å². The number of piperidine rings is 6. The second-order valence-electron chi connectivity index (χ2n) is 20.3. The molecule has 6 aliphatic heterocycles. The van der Waals surface area contributed by atoms with Crippen molar-refractivity contribution in [1.29, 1.82) is 0 Å². The number of nitrogens with zero attached hydrogens (tertiary/aromatic N) is 2. The fourth-order valence-corrected chi connectivity index (χ4v) is 11.0. The molecule has 0 radical (unpaired) electrons. The number of para-hydroxylation sites is 2. The highest BCUT2D eigenvalue weighted by Crippen LogP contribution is 2.37. The van der Waals surface area contributed by atoms with Crippen molar-refractivity contribution in [3.05, 3.63) is 192 Å². The quantitative estimate of drug-likeness (QED) is 0.0297. The number of fused-ring (bicyclic) bond motifs is 6. The Hall–Kier alpha value is -6.98. The lowest BCUT2D eigenvalue weighted by molar-refractivity contribution is -0.938. The number of hydrogen-bond donors (Lipinski definition) is 4. The fourth-order valence-electron chi connectivity index (χ4n) is 10.7. The van der Waals surface area contributed by atoms with Crippen LogP contribution in [0.4, 0.5) is 22.7 Å². The van der Waals surface area contributed by atoms with Crippen molar-refractivity contribution in [2.75, 3.05) is 72.4 Å². The van der Waals surface area contributed by atoms with Gasteiger partial charge in [-0.1, -0.05) is 135 Å². The minimum absolute atomic E-state index is 0. The number of rotatable bonds is 17. The first-order valence-corrected chi connectivity index (χ1v) is 27.5. The largest absolute Gasteiger partial charge is 1.00 e. The molecule has 0 aliphatic carbocycles. The van der Waals surface area contributed by atoms with Gasteiger partial charge in [-0.05, 0) is 116 Å². The number of amides is 2. The number of carbonyl (C=O) groups excluding carboxylic acids is 6. The van der Waals surface area contributed by atoms with Gasteiger partial charge in [0.2, 0.25) is 17.6 Å². The van der Waals surface area contributed by atoms with Crippen LogP contribution in [0.2, 0.25) is 0 Å². The van der Waals surface area contributed by atoms with Gasteiger partial charge >= 0.3 is 11.9 Å². The molecule has 12 rings (SSSR count). The summed E-state index contributed by atoms with van der Waals surface area (Å²) in [7, 11) is 0. The Bertz CT molecular complexity index is 2910. The Balaban J connectivity index is 0.000000283. The molecule has 0 aromatic heterocycles. The zero-order valence-electron chi connectivity index (χ0n) is 44.0. The molecule has 6 fully saturated rings. The first-order valence-electron chi connectivity index (χ1n) is 26.4. The van der Waals surface area contributed by atoms with Gasteiger partial charge in [0.05, 0.1) is 18.4 Å². The molecule has 16 heteroatoms. The molecule has 6 heterocycles. The van der Waals surface area contributed by atoms with E-state index in [1.54, 1.807) is 48.5 Å². The third-order valence-electron chi connectivity index (χ3n) is 14.7. The zero-order chi connectivity index (χ0) is 54.2. The van der Waals surface area contributed by atoms with Gasteiger partial charge in [-0.15, -0.1) is 0 Å². The van der Waals surface area contributed by atoms with Gasteiger partial charge < -0.3 is 52.2 Å². The number of alkyl halides is 1. The average Bonchev–Trinajstić information content (AvgIpc) is 3.48. The minimum atomic E-state index is -0.619. The van der Waals surface area contributed by atoms with E-state index in [-0.39, 0.29) is 86.8 Å². The summed E-state index contributed by atoms with van der Waals surface area (Å²) in [6.07, 6.45) is 3.96. The lowest BCUT2D eigenvalue weighted by atomic mass is 9.82. The number of carbonyl (C=O) groups is 6. The number of halogens is 2. The number of nitrogens with one attached hydrogen (secondary N) is 4. The third kappa shape index (κ3) is 19.1. The molecule has 4 atom stereocenters. The zero-order valence-corrected chi connectivity index (χ0v) is 47.2. The van der Waals surface area contributed by atoms with E-state index in [2.05, 4.69) is 42.1 Å². The van der Waals surface area contributed by atoms with Crippen molar-refractivity contribution in [2.45, 2.75) is 86.1 Å². The molecule has 4 N–H and O–H groups in total. The third-order valence-corrected chi connectivity index (χ3v) is 15.2. The van der Waals surface area contributed by atoms with Crippen LogP contribution in [0.15, 0.2) is 170 Å². The number of ketones is 2. The van der Waals surface area contributed by atoms with Crippen molar-refractivity contribution in [2.24, 2.45) is 11.8 Å². The molecular weight excluding hydrogens is 1150 g/mol. The highest BCUT2D eigenvalue weighted by Gasteiger charge is 2.49. The second-order valence-corrected chi connectivity index (χ2v) is 20.8. The van der Waals surface area contributed by atoms with Gasteiger partial charge in [0.15, 0.2) is 24.0 Å². The number of hydrogen-bond acceptors (Lipinski definition) is 11. The Morgan fingerprint density at radius 1 is 0.519 bits per heavy atom. The van der Waals surface area contributed by atoms with Gasteiger partial charge in [-0.25, -0.2) is 9.59 Å². The molecule has 6 aromatic carbocycles. The summed E-state index contributed by atoms with van der Waals surface area (Å²) >= 11 is 3.09. The standard InChI is InChI=1S/C31H33N3O4.C21H24N2O2.C10H10BrNO2.3CH4.BrH/c1-22(35)32-27-14-12-23(13-15-27)28(36)20-34-18-16-24(17-19-34)29(21-34)38-31(37)30(25-8-4-2-5-9-25)33-26-10-6-3-7-11-26;24-21(25-19-15-23-13-11-16(19)12-14-23)20(17-7-3-1-4-8-17)22-18-9-5-2-6-10-18;1-7(13)12-9-4-2-8(3-5-9)10(14)6-11;;;;/h2-15,24,29-30,33H,16-21H2,1H3;1-10,16,19-20,22H,11-15H2;2-5H,6H2,1H3,(H,12,13);3*1H4;1H/t24?,29-,30+,34?;19-,20+;;;;;/m00...../s1. The van der Waals surface area contributed by atoms with E-state index in [1.165, 1.54) is 13.8 Å². The van der Waals surface area contributed by atoms with Crippen LogP contribution in [0.1, 0.15) is 106 Å². The molecule has 14 nitrogen and oxygen atoms in total. The molecular formula is C65H80Br2N6O8. The second kappa shape index (κ2) is 32.5. The molecule has 432 valence electrons. The Morgan fingerprint density at radius 3 is 1.28 bits per heavy atom. The van der Waals surface area contributed by atoms with Crippen LogP contribution in [-0.4, -0.2) is 108 Å². The van der Waals surface area contributed by atoms with E-state index < -0.39 is 12.1 Å². The lowest BCUT2D eigenvalue weighted by Crippen LogP contribution is -3.00. The van der Waals surface area contributed by atoms with E-state index in [4.69, 9.17) is 9.47 Å². The first-order chi connectivity index (χ1) is 37.3. The average molecular weight is 1230 g/mol. The van der Waals surface area contributed by atoms with Crippen LogP contribution in [0.5, 0.6) is 0 Å². The summed E-state index contributed by atoms with van der Waals surface area (Å²) in [5.41, 5.74) is 6.18. The summed E-state index contributed by atoms with van der Waals surface area (Å²) in [5.74, 6) is 0.182. The normalized spacial score (nSPS) is 20.4. The maximum atomic E-state index is 13.6. The molecule has 6 aliphatic rings. The molecule has 0 unspecified atom stereocenters. The van der Waals surface area contributed by atoms with Gasteiger partial charge in [0.25, 0.3) is 0 Å². The summed E-state index contributed by atoms with van der Waals surface area (Å²) < 4.78 is 12.8. The highest BCUT2D eigenvalue weighted by molar-refractivity contribution is 9.09. The Morgan fingerprint density at radius 2 is 0.901 bits per heavy atom. The van der Waals surface area contributed by atoms with Crippen LogP contribution in [0.25, 0.3) is 0 Å². The molecule has 4 bridgehead atoms. The van der Waals surface area contributed by atoms with Gasteiger partial charge in [0.1, 0.15) is 19.2 Å². The first kappa shape index (κ1) is 66.5. The van der Waals surface area contributed by atoms with Gasteiger partial charge in [-0.2, -0.15) is 0 Å². The topological polar surface area (TPSA) is 172 Å². The maximum absolute atomic E-state index is 13.6. The molecule has 81 heavy (non-hydrogen) atoms. The molecule has 0 spiro atoms. The summed E-state index contributed by atoms with van der Waals surface area (Å²) in [5, 5.41) is 12.4. The predicted molar refractivity (Wildman–Crippen MR) is 324 cm³/mol. The van der Waals surface area contributed by atoms with Crippen LogP contribution in [0.3, 0.4) is 0 Å². The molecule has 2 amide bonds. The van der Waals surface area contributed by atoms with E-state index in [0.717, 1.165) is 80.9 Å². The van der Waals surface area contributed by atoms with Gasteiger partial charge in [-0.3, -0.25) is 24.1 Å². The number of esters is 2. The fraction of sp³-hybridized carbons (Fsp3) is 0.354. The number of quaternary nitrogens is 1. The van der Waals surface area contributed by atoms with Crippen molar-refractivity contribution in [3.8, 4) is 0 Å². The Kier molecular flexibility index (Phi) is 26.7. The van der Waals surface area contributed by atoms with Crippen LogP contribution < -0.4 is 38.2 Å². The van der Waals surface area contributed by atoms with Crippen LogP contribution in [0, 0.1) is 11.8 Å². The van der Waals surface area contributed by atoms with Gasteiger partial charge in [0, 0.05) is 73.0 Å². The smallest absolute Gasteiger partial charge is 0.333 e. The van der Waals surface area contributed by atoms with E-state index >= 15 is 0 Å². The number of ether oxygens (including phenoxy) is 2. The van der Waals surface area contributed by atoms with Crippen molar-refractivity contribution >= 4 is 74.0 Å². The SMILES string of the molecule is C.C.C.CC(=O)Nc1ccc(C(=O)CBr)cc1.CC(=O)Nc1ccc(C(=O)C[N+]23CCC(CC2)[C@@H](OC(=O)[C@H](Nc2ccccc2)c2ccccc2)C3)cc1.O=C(O[C@H]1CN2CCC1CC2)[C@H](Nc1ccccc1)c1ccccc1.[Br-]. The molecule has 6 aromatic rings. The Labute approximate surface area is 498 Å². The minimum Gasteiger partial charge on any atom is -1.00 e. The van der Waals surface area contributed by atoms with E-state index in [1.807, 2.05) is 121 Å². The molecule has 0 saturated carbocycles. The maximum Gasteiger partial charge on any atom is 0.333 e. The van der Waals surface area contributed by atoms with Crippen LogP contribution >= 0.6 is 15.9 Å². The molecule has 6 saturated heterocycles. The van der Waals surface area contributed by atoms with E-state index in [0.29, 0.717) is 57.2 Å². The summed E-state index contributed by atoms with van der Waals surface area (Å²) in [6, 6.07) is 51.7. The van der Waals surface area contributed by atoms with Crippen molar-refractivity contribution in [1.82, 2.24) is 4.90 Å². The van der Waals surface area contributed by atoms with Crippen LogP contribution in [-0.2, 0) is 28.7 Å². The predicted octanol–water partition coefficient (Wildman–Crippen LogP) is 9.45. The highest BCUT2D eigenvalue weighted by atomic mass is 79.9. The van der Waals surface area contributed by atoms with E-state index in [9.17, 15) is 28.8 Å². The number of Topliss-reactive ketones (excluding diaryl/α,β-unsaturated/α-hetero) is 2.